The number of piperidine rings is 1. The van der Waals surface area contributed by atoms with E-state index in [-0.39, 0.29) is 0 Å². The minimum atomic E-state index is 0.470. The summed E-state index contributed by atoms with van der Waals surface area (Å²) in [7, 11) is 0. The zero-order valence-electron chi connectivity index (χ0n) is 14.6. The quantitative estimate of drug-likeness (QED) is 0.718. The van der Waals surface area contributed by atoms with Gasteiger partial charge < -0.3 is 8.94 Å². The summed E-state index contributed by atoms with van der Waals surface area (Å²) in [5.41, 5.74) is 2.48. The second kappa shape index (κ2) is 6.80. The molecular weight excluding hydrogens is 316 g/mol. The van der Waals surface area contributed by atoms with Crippen LogP contribution in [0, 0.1) is 12.8 Å². The van der Waals surface area contributed by atoms with Crippen molar-refractivity contribution in [3.63, 3.8) is 0 Å². The first-order valence-corrected chi connectivity index (χ1v) is 8.77. The van der Waals surface area contributed by atoms with Crippen molar-refractivity contribution in [3.05, 3.63) is 42.0 Å². The van der Waals surface area contributed by atoms with Gasteiger partial charge in [0.2, 0.25) is 5.89 Å². The van der Waals surface area contributed by atoms with Crippen LogP contribution in [0.25, 0.3) is 22.7 Å². The van der Waals surface area contributed by atoms with Crippen LogP contribution in [0.3, 0.4) is 0 Å². The van der Waals surface area contributed by atoms with E-state index in [9.17, 15) is 0 Å². The lowest BCUT2D eigenvalue weighted by molar-refractivity contribution is 0.171. The van der Waals surface area contributed by atoms with Gasteiger partial charge in [0.05, 0.1) is 6.54 Å². The van der Waals surface area contributed by atoms with Gasteiger partial charge in [-0.3, -0.25) is 4.90 Å². The van der Waals surface area contributed by atoms with Gasteiger partial charge in [0, 0.05) is 5.56 Å². The van der Waals surface area contributed by atoms with Crippen LogP contribution in [0.4, 0.5) is 0 Å². The number of aromatic nitrogens is 3. The Labute approximate surface area is 146 Å². The fourth-order valence-electron chi connectivity index (χ4n) is 3.25. The van der Waals surface area contributed by atoms with Crippen molar-refractivity contribution in [2.45, 2.75) is 33.2 Å². The Morgan fingerprint density at radius 1 is 1.12 bits per heavy atom. The lowest BCUT2D eigenvalue weighted by Gasteiger charge is -2.28. The van der Waals surface area contributed by atoms with Crippen LogP contribution in [-0.2, 0) is 6.54 Å². The summed E-state index contributed by atoms with van der Waals surface area (Å²) in [4.78, 5) is 2.37. The van der Waals surface area contributed by atoms with Crippen LogP contribution < -0.4 is 0 Å². The van der Waals surface area contributed by atoms with E-state index >= 15 is 0 Å². The third-order valence-corrected chi connectivity index (χ3v) is 4.83. The van der Waals surface area contributed by atoms with Gasteiger partial charge in [-0.15, -0.1) is 10.2 Å². The molecule has 1 aliphatic heterocycles. The molecule has 1 fully saturated rings. The summed E-state index contributed by atoms with van der Waals surface area (Å²) in [6.07, 6.45) is 2.45. The van der Waals surface area contributed by atoms with Crippen molar-refractivity contribution >= 4 is 0 Å². The minimum absolute atomic E-state index is 0.470. The van der Waals surface area contributed by atoms with Crippen molar-refractivity contribution in [2.24, 2.45) is 5.92 Å². The second-order valence-electron chi connectivity index (χ2n) is 6.79. The lowest BCUT2D eigenvalue weighted by atomic mass is 9.99. The van der Waals surface area contributed by atoms with E-state index in [1.807, 2.05) is 37.3 Å². The molecule has 0 saturated carbocycles. The van der Waals surface area contributed by atoms with Crippen LogP contribution in [0.5, 0.6) is 0 Å². The van der Waals surface area contributed by atoms with Gasteiger partial charge in [-0.05, 0) is 38.8 Å². The molecular formula is C19H22N4O2. The number of rotatable bonds is 4. The number of likely N-dealkylation sites (tertiary alicyclic amines) is 1. The molecule has 3 heterocycles. The van der Waals surface area contributed by atoms with Crippen molar-refractivity contribution in [3.8, 4) is 22.7 Å². The van der Waals surface area contributed by atoms with E-state index in [2.05, 4.69) is 27.2 Å². The van der Waals surface area contributed by atoms with Crippen LogP contribution in [0.2, 0.25) is 0 Å². The van der Waals surface area contributed by atoms with Gasteiger partial charge in [-0.1, -0.05) is 42.4 Å². The van der Waals surface area contributed by atoms with Crippen LogP contribution in [0.15, 0.2) is 39.3 Å². The fraction of sp³-hybridized carbons (Fsp3) is 0.421. The third kappa shape index (κ3) is 3.35. The number of hydrogen-bond donors (Lipinski definition) is 0. The van der Waals surface area contributed by atoms with E-state index < -0.39 is 0 Å². The Balaban J connectivity index is 1.57. The van der Waals surface area contributed by atoms with E-state index in [0.717, 1.165) is 35.8 Å². The Kier molecular flexibility index (Phi) is 4.36. The standard InChI is InChI=1S/C19H22N4O2/c1-13-8-10-23(11-9-13)12-16-20-21-19(24-16)17-14(2)25-22-18(17)15-6-4-3-5-7-15/h3-7,13H,8-12H2,1-2H3. The fourth-order valence-corrected chi connectivity index (χ4v) is 3.25. The highest BCUT2D eigenvalue weighted by Crippen LogP contribution is 2.33. The maximum absolute atomic E-state index is 5.94. The first-order chi connectivity index (χ1) is 12.2. The minimum Gasteiger partial charge on any atom is -0.419 e. The highest BCUT2D eigenvalue weighted by Gasteiger charge is 2.23. The number of hydrogen-bond acceptors (Lipinski definition) is 6. The summed E-state index contributed by atoms with van der Waals surface area (Å²) < 4.78 is 11.3. The molecule has 1 aromatic carbocycles. The molecule has 25 heavy (non-hydrogen) atoms. The summed E-state index contributed by atoms with van der Waals surface area (Å²) >= 11 is 0. The molecule has 0 bridgehead atoms. The van der Waals surface area contributed by atoms with Crippen molar-refractivity contribution in [1.82, 2.24) is 20.3 Å². The Morgan fingerprint density at radius 3 is 2.64 bits per heavy atom. The zero-order chi connectivity index (χ0) is 17.2. The molecule has 0 spiro atoms. The average molecular weight is 338 g/mol. The summed E-state index contributed by atoms with van der Waals surface area (Å²) in [6, 6.07) is 9.90. The van der Waals surface area contributed by atoms with Crippen molar-refractivity contribution in [2.75, 3.05) is 13.1 Å². The topological polar surface area (TPSA) is 68.2 Å². The third-order valence-electron chi connectivity index (χ3n) is 4.83. The smallest absolute Gasteiger partial charge is 0.253 e. The van der Waals surface area contributed by atoms with Crippen LogP contribution >= 0.6 is 0 Å². The van der Waals surface area contributed by atoms with Gasteiger partial charge >= 0.3 is 0 Å². The van der Waals surface area contributed by atoms with Gasteiger partial charge in [0.25, 0.3) is 5.89 Å². The summed E-state index contributed by atoms with van der Waals surface area (Å²) in [5, 5.41) is 12.7. The molecule has 0 unspecified atom stereocenters. The predicted octanol–water partition coefficient (Wildman–Crippen LogP) is 3.93. The lowest BCUT2D eigenvalue weighted by Crippen LogP contribution is -2.32. The molecule has 130 valence electrons. The number of benzene rings is 1. The summed E-state index contributed by atoms with van der Waals surface area (Å²) in [5.74, 6) is 2.60. The average Bonchev–Trinajstić information content (AvgIpc) is 3.24. The molecule has 6 nitrogen and oxygen atoms in total. The largest absolute Gasteiger partial charge is 0.419 e. The van der Waals surface area contributed by atoms with Crippen LogP contribution in [-0.4, -0.2) is 33.3 Å². The van der Waals surface area contributed by atoms with Gasteiger partial charge in [-0.2, -0.15) is 0 Å². The van der Waals surface area contributed by atoms with Crippen molar-refractivity contribution in [1.29, 1.82) is 0 Å². The van der Waals surface area contributed by atoms with E-state index in [0.29, 0.717) is 24.1 Å². The molecule has 1 saturated heterocycles. The molecule has 2 aromatic heterocycles. The molecule has 3 aromatic rings. The van der Waals surface area contributed by atoms with E-state index in [4.69, 9.17) is 8.94 Å². The number of aryl methyl sites for hydroxylation is 1. The molecule has 0 amide bonds. The maximum Gasteiger partial charge on any atom is 0.253 e. The van der Waals surface area contributed by atoms with Gasteiger partial charge in [-0.25, -0.2) is 0 Å². The normalized spacial score (nSPS) is 16.4. The van der Waals surface area contributed by atoms with Gasteiger partial charge in [0.15, 0.2) is 0 Å². The number of nitrogens with zero attached hydrogens (tertiary/aromatic N) is 4. The molecule has 1 aliphatic rings. The molecule has 6 heteroatoms. The molecule has 0 atom stereocenters. The first kappa shape index (κ1) is 16.0. The predicted molar refractivity (Wildman–Crippen MR) is 93.6 cm³/mol. The zero-order valence-corrected chi connectivity index (χ0v) is 14.6. The van der Waals surface area contributed by atoms with Crippen molar-refractivity contribution < 1.29 is 8.94 Å². The second-order valence-corrected chi connectivity index (χ2v) is 6.79. The monoisotopic (exact) mass is 338 g/mol. The summed E-state index contributed by atoms with van der Waals surface area (Å²) in [6.45, 7) is 7.04. The first-order valence-electron chi connectivity index (χ1n) is 8.77. The SMILES string of the molecule is Cc1onc(-c2ccccc2)c1-c1nnc(CN2CCC(C)CC2)o1. The Morgan fingerprint density at radius 2 is 1.88 bits per heavy atom. The molecule has 0 radical (unpaired) electrons. The highest BCUT2D eigenvalue weighted by molar-refractivity contribution is 5.77. The van der Waals surface area contributed by atoms with Crippen LogP contribution in [0.1, 0.15) is 31.4 Å². The molecule has 4 rings (SSSR count). The van der Waals surface area contributed by atoms with E-state index in [1.165, 1.54) is 12.8 Å². The Bertz CT molecular complexity index is 832. The van der Waals surface area contributed by atoms with Gasteiger partial charge in [0.1, 0.15) is 17.0 Å². The highest BCUT2D eigenvalue weighted by atomic mass is 16.5. The molecule has 0 aliphatic carbocycles. The Hall–Kier alpha value is -2.47. The molecule has 0 N–H and O–H groups in total. The van der Waals surface area contributed by atoms with E-state index in [1.54, 1.807) is 0 Å². The maximum atomic E-state index is 5.94.